The Kier molecular flexibility index (Phi) is 7.32. The van der Waals surface area contributed by atoms with E-state index in [2.05, 4.69) is 5.09 Å². The van der Waals surface area contributed by atoms with Crippen molar-refractivity contribution >= 4 is 24.4 Å². The molecule has 1 amide bonds. The number of nitrogens with one attached hydrogen (secondary N) is 1. The third-order valence-corrected chi connectivity index (χ3v) is 7.74. The lowest BCUT2D eigenvalue weighted by Gasteiger charge is -2.28. The van der Waals surface area contributed by atoms with E-state index in [1.807, 2.05) is 27.7 Å². The SMILES string of the molecule is CCNP(=O)(SC(C)CC)N(C=O)CC. The number of rotatable bonds is 8. The molecule has 0 aromatic carbocycles. The second-order valence-corrected chi connectivity index (χ2v) is 8.22. The van der Waals surface area contributed by atoms with Crippen LogP contribution in [-0.2, 0) is 9.36 Å². The Labute approximate surface area is 96.4 Å². The molecule has 0 rings (SSSR count). The van der Waals surface area contributed by atoms with Crippen molar-refractivity contribution in [1.29, 1.82) is 0 Å². The maximum absolute atomic E-state index is 12.5. The van der Waals surface area contributed by atoms with Crippen LogP contribution in [0.25, 0.3) is 0 Å². The van der Waals surface area contributed by atoms with Gasteiger partial charge in [-0.05, 0) is 13.3 Å². The van der Waals surface area contributed by atoms with Gasteiger partial charge in [0.2, 0.25) is 6.41 Å². The Morgan fingerprint density at radius 1 is 1.47 bits per heavy atom. The summed E-state index contributed by atoms with van der Waals surface area (Å²) in [7, 11) is 0. The third kappa shape index (κ3) is 4.58. The van der Waals surface area contributed by atoms with Crippen molar-refractivity contribution in [2.75, 3.05) is 13.1 Å². The fourth-order valence-corrected chi connectivity index (χ4v) is 6.29. The normalized spacial score (nSPS) is 16.8. The molecule has 0 saturated carbocycles. The molecule has 2 atom stereocenters. The zero-order valence-corrected chi connectivity index (χ0v) is 11.6. The molecular formula is C9H21N2O2PS. The van der Waals surface area contributed by atoms with Gasteiger partial charge in [0.1, 0.15) is 0 Å². The molecule has 0 aliphatic carbocycles. The number of carbonyl (C=O) groups is 1. The number of hydrogen-bond donors (Lipinski definition) is 1. The van der Waals surface area contributed by atoms with Crippen LogP contribution in [0.3, 0.4) is 0 Å². The zero-order valence-electron chi connectivity index (χ0n) is 9.90. The van der Waals surface area contributed by atoms with Crippen molar-refractivity contribution in [1.82, 2.24) is 9.76 Å². The quantitative estimate of drug-likeness (QED) is 0.533. The van der Waals surface area contributed by atoms with Crippen LogP contribution in [0.2, 0.25) is 0 Å². The lowest BCUT2D eigenvalue weighted by atomic mass is 10.4. The summed E-state index contributed by atoms with van der Waals surface area (Å²) in [6, 6.07) is 0. The summed E-state index contributed by atoms with van der Waals surface area (Å²) >= 11 is 1.37. The third-order valence-electron chi connectivity index (χ3n) is 2.04. The molecule has 6 heteroatoms. The van der Waals surface area contributed by atoms with Crippen LogP contribution < -0.4 is 5.09 Å². The Morgan fingerprint density at radius 3 is 2.40 bits per heavy atom. The average Bonchev–Trinajstić information content (AvgIpc) is 2.19. The van der Waals surface area contributed by atoms with Crippen molar-refractivity contribution < 1.29 is 9.36 Å². The molecule has 0 fully saturated rings. The smallest absolute Gasteiger partial charge is 0.278 e. The number of amides is 1. The summed E-state index contributed by atoms with van der Waals surface area (Å²) in [5, 5.41) is 3.22. The topological polar surface area (TPSA) is 49.4 Å². The Bertz CT molecular complexity index is 238. The molecule has 0 radical (unpaired) electrons. The van der Waals surface area contributed by atoms with Gasteiger partial charge in [0.05, 0.1) is 0 Å². The van der Waals surface area contributed by atoms with Crippen LogP contribution in [0, 0.1) is 0 Å². The summed E-state index contributed by atoms with van der Waals surface area (Å²) in [5.41, 5.74) is 0. The van der Waals surface area contributed by atoms with Gasteiger partial charge in [-0.15, -0.1) is 0 Å². The highest BCUT2D eigenvalue weighted by Crippen LogP contribution is 2.59. The minimum Gasteiger partial charge on any atom is -0.278 e. The molecule has 0 saturated heterocycles. The molecule has 1 N–H and O–H groups in total. The molecular weight excluding hydrogens is 231 g/mol. The van der Waals surface area contributed by atoms with Gasteiger partial charge in [0, 0.05) is 18.3 Å². The van der Waals surface area contributed by atoms with E-state index in [4.69, 9.17) is 0 Å². The number of carbonyl (C=O) groups excluding carboxylic acids is 1. The lowest BCUT2D eigenvalue weighted by molar-refractivity contribution is -0.114. The van der Waals surface area contributed by atoms with Gasteiger partial charge in [-0.3, -0.25) is 14.0 Å². The van der Waals surface area contributed by atoms with E-state index < -0.39 is 6.65 Å². The largest absolute Gasteiger partial charge is 0.294 e. The first-order valence-electron chi connectivity index (χ1n) is 5.30. The Morgan fingerprint density at radius 2 is 2.07 bits per heavy atom. The number of nitrogens with zero attached hydrogens (tertiary/aromatic N) is 1. The van der Waals surface area contributed by atoms with Crippen LogP contribution in [-0.4, -0.2) is 29.4 Å². The molecule has 4 nitrogen and oxygen atoms in total. The molecule has 15 heavy (non-hydrogen) atoms. The van der Waals surface area contributed by atoms with Crippen LogP contribution in [0.4, 0.5) is 0 Å². The molecule has 0 bridgehead atoms. The summed E-state index contributed by atoms with van der Waals surface area (Å²) < 4.78 is 13.9. The highest BCUT2D eigenvalue weighted by Gasteiger charge is 2.30. The van der Waals surface area contributed by atoms with Crippen LogP contribution in [0.15, 0.2) is 0 Å². The molecule has 2 unspecified atom stereocenters. The minimum absolute atomic E-state index is 0.281. The number of hydrogen-bond acceptors (Lipinski definition) is 3. The first-order chi connectivity index (χ1) is 7.03. The standard InChI is InChI=1S/C9H21N2O2PS/c1-5-9(4)15-14(13,10-6-2)11(7-3)8-12/h8-9H,5-7H2,1-4H3,(H,10,13). The van der Waals surface area contributed by atoms with E-state index >= 15 is 0 Å². The molecule has 0 aliphatic rings. The molecule has 0 aliphatic heterocycles. The average molecular weight is 252 g/mol. The van der Waals surface area contributed by atoms with Crippen molar-refractivity contribution in [3.8, 4) is 0 Å². The summed E-state index contributed by atoms with van der Waals surface area (Å²) in [5.74, 6) is 0. The summed E-state index contributed by atoms with van der Waals surface area (Å²) in [6.45, 7) is 6.09. The minimum atomic E-state index is -2.77. The van der Waals surface area contributed by atoms with E-state index in [-0.39, 0.29) is 5.25 Å². The van der Waals surface area contributed by atoms with Crippen molar-refractivity contribution in [2.24, 2.45) is 0 Å². The predicted molar refractivity (Wildman–Crippen MR) is 67.1 cm³/mol. The Balaban J connectivity index is 4.70. The van der Waals surface area contributed by atoms with Gasteiger partial charge < -0.3 is 0 Å². The summed E-state index contributed by atoms with van der Waals surface area (Å²) in [6.07, 6.45) is 1.61. The first-order valence-corrected chi connectivity index (χ1v) is 8.44. The maximum Gasteiger partial charge on any atom is 0.294 e. The van der Waals surface area contributed by atoms with E-state index in [1.54, 1.807) is 0 Å². The zero-order chi connectivity index (χ0) is 11.9. The monoisotopic (exact) mass is 252 g/mol. The van der Waals surface area contributed by atoms with E-state index in [0.717, 1.165) is 6.42 Å². The van der Waals surface area contributed by atoms with Gasteiger partial charge in [-0.2, -0.15) is 0 Å². The lowest BCUT2D eigenvalue weighted by Crippen LogP contribution is -2.26. The van der Waals surface area contributed by atoms with Crippen molar-refractivity contribution in [3.63, 3.8) is 0 Å². The first kappa shape index (κ1) is 15.0. The highest BCUT2D eigenvalue weighted by atomic mass is 32.7. The van der Waals surface area contributed by atoms with Crippen LogP contribution in [0.5, 0.6) is 0 Å². The van der Waals surface area contributed by atoms with Gasteiger partial charge >= 0.3 is 0 Å². The predicted octanol–water partition coefficient (Wildman–Crippen LogP) is 2.71. The fourth-order valence-electron chi connectivity index (χ4n) is 1.03. The van der Waals surface area contributed by atoms with Gasteiger partial charge in [-0.25, -0.2) is 5.09 Å². The Hall–Kier alpha value is 0.0100. The molecule has 90 valence electrons. The van der Waals surface area contributed by atoms with E-state index in [0.29, 0.717) is 19.5 Å². The van der Waals surface area contributed by atoms with Crippen LogP contribution >= 0.6 is 18.0 Å². The summed E-state index contributed by atoms with van der Waals surface area (Å²) in [4.78, 5) is 10.8. The van der Waals surface area contributed by atoms with Gasteiger partial charge in [-0.1, -0.05) is 32.2 Å². The maximum atomic E-state index is 12.5. The van der Waals surface area contributed by atoms with Gasteiger partial charge in [0.25, 0.3) is 6.65 Å². The van der Waals surface area contributed by atoms with E-state index in [1.165, 1.54) is 16.1 Å². The highest BCUT2D eigenvalue weighted by molar-refractivity contribution is 8.57. The fraction of sp³-hybridized carbons (Fsp3) is 0.889. The van der Waals surface area contributed by atoms with Crippen LogP contribution in [0.1, 0.15) is 34.1 Å². The molecule has 0 spiro atoms. The second-order valence-electron chi connectivity index (χ2n) is 3.22. The van der Waals surface area contributed by atoms with Crippen molar-refractivity contribution in [3.05, 3.63) is 0 Å². The van der Waals surface area contributed by atoms with E-state index in [9.17, 15) is 9.36 Å². The van der Waals surface area contributed by atoms with Gasteiger partial charge in [0.15, 0.2) is 0 Å². The molecule has 0 aromatic heterocycles. The molecule has 0 aromatic rings. The molecule has 0 heterocycles. The second kappa shape index (κ2) is 7.31. The van der Waals surface area contributed by atoms with Crippen molar-refractivity contribution in [2.45, 2.75) is 39.4 Å².